The Hall–Kier alpha value is -1.81. The highest BCUT2D eigenvalue weighted by atomic mass is 79.9. The fourth-order valence-electron chi connectivity index (χ4n) is 2.03. The maximum Gasteiger partial charge on any atom is 0.226 e. The molecule has 3 nitrogen and oxygen atoms in total. The Morgan fingerprint density at radius 1 is 1.14 bits per heavy atom. The molecule has 2 rings (SSSR count). The van der Waals surface area contributed by atoms with E-state index in [-0.39, 0.29) is 5.91 Å². The molecule has 2 N–H and O–H groups in total. The van der Waals surface area contributed by atoms with Gasteiger partial charge in [-0.1, -0.05) is 34.1 Å². The fraction of sp³-hybridized carbons (Fsp3) is 0.235. The summed E-state index contributed by atoms with van der Waals surface area (Å²) in [7, 11) is 0. The van der Waals surface area contributed by atoms with Crippen LogP contribution >= 0.6 is 15.9 Å². The summed E-state index contributed by atoms with van der Waals surface area (Å²) in [6.07, 6.45) is 0.430. The number of carbonyl (C=O) groups is 1. The van der Waals surface area contributed by atoms with Crippen LogP contribution < -0.4 is 10.6 Å². The number of benzene rings is 2. The SMILES string of the molecule is Cc1ccc(C)c(NCCC(=O)Nc2cccc(Br)c2)c1. The van der Waals surface area contributed by atoms with Gasteiger partial charge in [0, 0.05) is 28.8 Å². The van der Waals surface area contributed by atoms with Gasteiger partial charge in [0.05, 0.1) is 0 Å². The van der Waals surface area contributed by atoms with Gasteiger partial charge in [0.15, 0.2) is 0 Å². The van der Waals surface area contributed by atoms with E-state index in [0.29, 0.717) is 13.0 Å². The first-order valence-corrected chi connectivity index (χ1v) is 7.70. The zero-order valence-corrected chi connectivity index (χ0v) is 13.8. The van der Waals surface area contributed by atoms with Crippen LogP contribution in [0.2, 0.25) is 0 Å². The van der Waals surface area contributed by atoms with Gasteiger partial charge in [0.25, 0.3) is 0 Å². The second-order valence-electron chi connectivity index (χ2n) is 5.05. The highest BCUT2D eigenvalue weighted by molar-refractivity contribution is 9.10. The normalized spacial score (nSPS) is 10.2. The molecule has 0 spiro atoms. The number of amides is 1. The van der Waals surface area contributed by atoms with Crippen LogP contribution in [0.4, 0.5) is 11.4 Å². The number of carbonyl (C=O) groups excluding carboxylic acids is 1. The van der Waals surface area contributed by atoms with E-state index in [1.807, 2.05) is 24.3 Å². The van der Waals surface area contributed by atoms with Crippen LogP contribution in [0, 0.1) is 13.8 Å². The molecular formula is C17H19BrN2O. The Balaban J connectivity index is 1.83. The molecular weight excluding hydrogens is 328 g/mol. The van der Waals surface area contributed by atoms with Gasteiger partial charge >= 0.3 is 0 Å². The van der Waals surface area contributed by atoms with Crippen molar-refractivity contribution in [3.63, 3.8) is 0 Å². The highest BCUT2D eigenvalue weighted by Crippen LogP contribution is 2.17. The van der Waals surface area contributed by atoms with Gasteiger partial charge in [0.2, 0.25) is 5.91 Å². The number of nitrogens with one attached hydrogen (secondary N) is 2. The minimum Gasteiger partial charge on any atom is -0.384 e. The van der Waals surface area contributed by atoms with E-state index in [1.165, 1.54) is 11.1 Å². The number of rotatable bonds is 5. The molecule has 21 heavy (non-hydrogen) atoms. The monoisotopic (exact) mass is 346 g/mol. The molecule has 4 heteroatoms. The zero-order chi connectivity index (χ0) is 15.2. The third-order valence-electron chi connectivity index (χ3n) is 3.17. The van der Waals surface area contributed by atoms with Gasteiger partial charge in [0.1, 0.15) is 0 Å². The predicted molar refractivity (Wildman–Crippen MR) is 91.8 cm³/mol. The lowest BCUT2D eigenvalue weighted by Crippen LogP contribution is -2.16. The van der Waals surface area contributed by atoms with Crippen molar-refractivity contribution in [2.75, 3.05) is 17.2 Å². The summed E-state index contributed by atoms with van der Waals surface area (Å²) in [6.45, 7) is 4.73. The Kier molecular flexibility index (Phi) is 5.39. The summed E-state index contributed by atoms with van der Waals surface area (Å²) < 4.78 is 0.953. The molecule has 2 aromatic carbocycles. The third-order valence-corrected chi connectivity index (χ3v) is 3.66. The predicted octanol–water partition coefficient (Wildman–Crippen LogP) is 4.51. The summed E-state index contributed by atoms with van der Waals surface area (Å²) >= 11 is 3.39. The molecule has 1 amide bonds. The average Bonchev–Trinajstić information content (AvgIpc) is 2.42. The number of aryl methyl sites for hydroxylation is 2. The summed E-state index contributed by atoms with van der Waals surface area (Å²) in [5, 5.41) is 6.20. The Bertz CT molecular complexity index is 640. The largest absolute Gasteiger partial charge is 0.384 e. The van der Waals surface area contributed by atoms with Gasteiger partial charge < -0.3 is 10.6 Å². The van der Waals surface area contributed by atoms with E-state index in [1.54, 1.807) is 0 Å². The molecule has 0 bridgehead atoms. The summed E-state index contributed by atoms with van der Waals surface area (Å²) in [6, 6.07) is 13.9. The van der Waals surface area contributed by atoms with Crippen molar-refractivity contribution in [1.29, 1.82) is 0 Å². The van der Waals surface area contributed by atoms with Gasteiger partial charge in [-0.2, -0.15) is 0 Å². The highest BCUT2D eigenvalue weighted by Gasteiger charge is 2.03. The van der Waals surface area contributed by atoms with Crippen molar-refractivity contribution in [3.8, 4) is 0 Å². The van der Waals surface area contributed by atoms with Crippen molar-refractivity contribution < 1.29 is 4.79 Å². The zero-order valence-electron chi connectivity index (χ0n) is 12.2. The lowest BCUT2D eigenvalue weighted by atomic mass is 10.1. The third kappa shape index (κ3) is 4.90. The van der Waals surface area contributed by atoms with Crippen LogP contribution in [0.5, 0.6) is 0 Å². The molecule has 0 unspecified atom stereocenters. The molecule has 0 aliphatic heterocycles. The standard InChI is InChI=1S/C17H19BrN2O/c1-12-6-7-13(2)16(10-12)19-9-8-17(21)20-15-5-3-4-14(18)11-15/h3-7,10-11,19H,8-9H2,1-2H3,(H,20,21). The van der Waals surface area contributed by atoms with Crippen LogP contribution in [0.25, 0.3) is 0 Å². The van der Waals surface area contributed by atoms with Gasteiger partial charge in [-0.15, -0.1) is 0 Å². The number of anilines is 2. The van der Waals surface area contributed by atoms with Gasteiger partial charge in [-0.05, 0) is 49.2 Å². The minimum absolute atomic E-state index is 0.00547. The van der Waals surface area contributed by atoms with Gasteiger partial charge in [-0.25, -0.2) is 0 Å². The van der Waals surface area contributed by atoms with E-state index in [4.69, 9.17) is 0 Å². The fourth-order valence-corrected chi connectivity index (χ4v) is 2.43. The second-order valence-corrected chi connectivity index (χ2v) is 5.97. The van der Waals surface area contributed by atoms with Crippen LogP contribution in [0.3, 0.4) is 0 Å². The Labute approximate surface area is 133 Å². The number of hydrogen-bond acceptors (Lipinski definition) is 2. The molecule has 0 heterocycles. The van der Waals surface area contributed by atoms with Gasteiger partial charge in [-0.3, -0.25) is 4.79 Å². The van der Waals surface area contributed by atoms with Crippen LogP contribution in [-0.2, 0) is 4.79 Å². The van der Waals surface area contributed by atoms with Crippen LogP contribution in [-0.4, -0.2) is 12.5 Å². The molecule has 0 aromatic heterocycles. The Morgan fingerprint density at radius 2 is 1.95 bits per heavy atom. The molecule has 0 saturated heterocycles. The Morgan fingerprint density at radius 3 is 2.71 bits per heavy atom. The maximum atomic E-state index is 11.9. The van der Waals surface area contributed by atoms with E-state index in [0.717, 1.165) is 15.8 Å². The smallest absolute Gasteiger partial charge is 0.226 e. The van der Waals surface area contributed by atoms with Crippen LogP contribution in [0.1, 0.15) is 17.5 Å². The molecule has 0 fully saturated rings. The van der Waals surface area contributed by atoms with Crippen LogP contribution in [0.15, 0.2) is 46.9 Å². The second kappa shape index (κ2) is 7.27. The molecule has 2 aromatic rings. The summed E-state index contributed by atoms with van der Waals surface area (Å²) in [4.78, 5) is 11.9. The van der Waals surface area contributed by atoms with E-state index in [2.05, 4.69) is 58.6 Å². The molecule has 0 saturated carbocycles. The lowest BCUT2D eigenvalue weighted by molar-refractivity contribution is -0.115. The number of hydrogen-bond donors (Lipinski definition) is 2. The topological polar surface area (TPSA) is 41.1 Å². The summed E-state index contributed by atoms with van der Waals surface area (Å²) in [5.74, 6) is 0.00547. The maximum absolute atomic E-state index is 11.9. The lowest BCUT2D eigenvalue weighted by Gasteiger charge is -2.10. The van der Waals surface area contributed by atoms with Crippen molar-refractivity contribution in [1.82, 2.24) is 0 Å². The van der Waals surface area contributed by atoms with E-state index < -0.39 is 0 Å². The van der Waals surface area contributed by atoms with Crippen molar-refractivity contribution >= 4 is 33.2 Å². The van der Waals surface area contributed by atoms with Crippen molar-refractivity contribution in [3.05, 3.63) is 58.1 Å². The first kappa shape index (κ1) is 15.6. The average molecular weight is 347 g/mol. The number of halogens is 1. The molecule has 0 radical (unpaired) electrons. The van der Waals surface area contributed by atoms with Crippen molar-refractivity contribution in [2.24, 2.45) is 0 Å². The van der Waals surface area contributed by atoms with Crippen molar-refractivity contribution in [2.45, 2.75) is 20.3 Å². The van der Waals surface area contributed by atoms with E-state index in [9.17, 15) is 4.79 Å². The molecule has 0 atom stereocenters. The molecule has 0 aliphatic carbocycles. The molecule has 110 valence electrons. The quantitative estimate of drug-likeness (QED) is 0.836. The van der Waals surface area contributed by atoms with E-state index >= 15 is 0 Å². The minimum atomic E-state index is 0.00547. The first-order chi connectivity index (χ1) is 10.0. The summed E-state index contributed by atoms with van der Waals surface area (Å²) in [5.41, 5.74) is 4.29. The first-order valence-electron chi connectivity index (χ1n) is 6.91. The molecule has 0 aliphatic rings.